The highest BCUT2D eigenvalue weighted by Gasteiger charge is 2.23. The monoisotopic (exact) mass is 256 g/mol. The average molecular weight is 256 g/mol. The highest BCUT2D eigenvalue weighted by atomic mass is 32.2. The van der Waals surface area contributed by atoms with Crippen LogP contribution in [0, 0.1) is 5.95 Å². The molecule has 2 rings (SSSR count). The molecule has 1 unspecified atom stereocenters. The predicted molar refractivity (Wildman–Crippen MR) is 58.4 cm³/mol. The maximum Gasteiger partial charge on any atom is 0.270 e. The van der Waals surface area contributed by atoms with E-state index in [1.807, 2.05) is 0 Å². The Balaban J connectivity index is 2.06. The Morgan fingerprint density at radius 2 is 2.24 bits per heavy atom. The number of pyridine rings is 1. The summed E-state index contributed by atoms with van der Waals surface area (Å²) in [5.74, 6) is -1.53. The lowest BCUT2D eigenvalue weighted by Crippen LogP contribution is -2.36. The lowest BCUT2D eigenvalue weighted by atomic mass is 10.3. The Morgan fingerprint density at radius 3 is 2.82 bits per heavy atom. The second kappa shape index (κ2) is 4.25. The fourth-order valence-electron chi connectivity index (χ4n) is 1.44. The van der Waals surface area contributed by atoms with E-state index in [2.05, 4.69) is 10.3 Å². The van der Waals surface area contributed by atoms with E-state index >= 15 is 0 Å². The van der Waals surface area contributed by atoms with Crippen LogP contribution in [0.2, 0.25) is 0 Å². The summed E-state index contributed by atoms with van der Waals surface area (Å²) in [5, 5.41) is 3.50. The Labute approximate surface area is 97.3 Å². The quantitative estimate of drug-likeness (QED) is 0.770. The molecule has 5 nitrogen and oxygen atoms in total. The zero-order chi connectivity index (χ0) is 12.5. The molecule has 0 aromatic carbocycles. The topological polar surface area (TPSA) is 76.1 Å². The van der Waals surface area contributed by atoms with E-state index in [9.17, 15) is 17.6 Å². The third kappa shape index (κ3) is 2.88. The zero-order valence-corrected chi connectivity index (χ0v) is 9.45. The fraction of sp³-hybridized carbons (Fsp3) is 0.200. The number of nitrogens with one attached hydrogen (secondary N) is 1. The number of carbonyl (C=O) groups is 1. The number of halogens is 1. The molecule has 0 bridgehead atoms. The first-order valence-corrected chi connectivity index (χ1v) is 6.52. The largest absolute Gasteiger partial charge is 0.343 e. The van der Waals surface area contributed by atoms with Gasteiger partial charge in [-0.15, -0.1) is 0 Å². The van der Waals surface area contributed by atoms with Crippen LogP contribution in [0.25, 0.3) is 0 Å². The van der Waals surface area contributed by atoms with E-state index in [1.165, 1.54) is 18.2 Å². The second-order valence-electron chi connectivity index (χ2n) is 3.58. The lowest BCUT2D eigenvalue weighted by Gasteiger charge is -2.09. The average Bonchev–Trinajstić information content (AvgIpc) is 2.58. The van der Waals surface area contributed by atoms with Crippen LogP contribution >= 0.6 is 0 Å². The predicted octanol–water partition coefficient (Wildman–Crippen LogP) is 0.261. The van der Waals surface area contributed by atoms with Gasteiger partial charge in [0.05, 0.1) is 11.8 Å². The summed E-state index contributed by atoms with van der Waals surface area (Å²) in [6.07, 6.45) is 1.38. The second-order valence-corrected chi connectivity index (χ2v) is 5.51. The fourth-order valence-corrected chi connectivity index (χ4v) is 2.68. The molecular weight excluding hydrogens is 247 g/mol. The Kier molecular flexibility index (Phi) is 2.93. The van der Waals surface area contributed by atoms with Crippen molar-refractivity contribution < 1.29 is 17.6 Å². The number of hydrogen-bond acceptors (Lipinski definition) is 4. The van der Waals surface area contributed by atoms with E-state index in [4.69, 9.17) is 0 Å². The van der Waals surface area contributed by atoms with Crippen molar-refractivity contribution in [2.24, 2.45) is 0 Å². The molecule has 0 radical (unpaired) electrons. The molecule has 90 valence electrons. The van der Waals surface area contributed by atoms with Crippen molar-refractivity contribution >= 4 is 15.7 Å². The summed E-state index contributed by atoms with van der Waals surface area (Å²) < 4.78 is 35.0. The van der Waals surface area contributed by atoms with Gasteiger partial charge in [0.25, 0.3) is 5.91 Å². The van der Waals surface area contributed by atoms with Gasteiger partial charge in [-0.3, -0.25) is 4.79 Å². The van der Waals surface area contributed by atoms with Crippen LogP contribution in [0.3, 0.4) is 0 Å². The number of rotatable bonds is 2. The van der Waals surface area contributed by atoms with Crippen LogP contribution in [-0.2, 0) is 9.84 Å². The van der Waals surface area contributed by atoms with Crippen LogP contribution in [0.1, 0.15) is 10.5 Å². The van der Waals surface area contributed by atoms with E-state index in [0.717, 1.165) is 11.5 Å². The van der Waals surface area contributed by atoms with Crippen LogP contribution < -0.4 is 5.32 Å². The molecular formula is C10H9FN2O3S. The van der Waals surface area contributed by atoms with Crippen molar-refractivity contribution in [2.45, 2.75) is 6.04 Å². The van der Waals surface area contributed by atoms with E-state index in [0.29, 0.717) is 0 Å². The Hall–Kier alpha value is -1.76. The van der Waals surface area contributed by atoms with Crippen molar-refractivity contribution in [3.8, 4) is 0 Å². The number of carbonyl (C=O) groups excluding carboxylic acids is 1. The third-order valence-corrected chi connectivity index (χ3v) is 3.59. The minimum absolute atomic E-state index is 0.0808. The Bertz CT molecular complexity index is 583. The number of sulfone groups is 1. The standard InChI is InChI=1S/C10H9FN2O3S/c11-9-3-1-2-8(13-9)10(14)12-7-4-5-17(15,16)6-7/h1-5,7H,6H2,(H,12,14). The molecule has 1 amide bonds. The molecule has 0 saturated carbocycles. The van der Waals surface area contributed by atoms with Gasteiger partial charge in [0.1, 0.15) is 5.69 Å². The number of nitrogens with zero attached hydrogens (tertiary/aromatic N) is 1. The van der Waals surface area contributed by atoms with E-state index in [-0.39, 0.29) is 11.4 Å². The normalized spacial score (nSPS) is 21.4. The van der Waals surface area contributed by atoms with Crippen LogP contribution in [-0.4, -0.2) is 31.1 Å². The summed E-state index contributed by atoms with van der Waals surface area (Å²) in [7, 11) is -3.22. The molecule has 1 aliphatic rings. The van der Waals surface area contributed by atoms with Crippen LogP contribution in [0.15, 0.2) is 29.7 Å². The molecule has 0 saturated heterocycles. The zero-order valence-electron chi connectivity index (χ0n) is 8.63. The SMILES string of the molecule is O=C(NC1C=CS(=O)(=O)C1)c1cccc(F)n1. The van der Waals surface area contributed by atoms with Gasteiger partial charge in [-0.2, -0.15) is 4.39 Å². The molecule has 2 heterocycles. The molecule has 17 heavy (non-hydrogen) atoms. The maximum atomic E-state index is 12.8. The molecule has 0 fully saturated rings. The first-order chi connectivity index (χ1) is 7.96. The lowest BCUT2D eigenvalue weighted by molar-refractivity contribution is 0.0941. The minimum Gasteiger partial charge on any atom is -0.343 e. The van der Waals surface area contributed by atoms with Gasteiger partial charge in [0.15, 0.2) is 9.84 Å². The highest BCUT2D eigenvalue weighted by Crippen LogP contribution is 2.08. The third-order valence-electron chi connectivity index (χ3n) is 2.19. The van der Waals surface area contributed by atoms with Gasteiger partial charge in [0.2, 0.25) is 5.95 Å². The number of amides is 1. The Morgan fingerprint density at radius 1 is 1.47 bits per heavy atom. The number of aromatic nitrogens is 1. The van der Waals surface area contributed by atoms with Crippen LogP contribution in [0.5, 0.6) is 0 Å². The van der Waals surface area contributed by atoms with Gasteiger partial charge < -0.3 is 5.32 Å². The van der Waals surface area contributed by atoms with Crippen LogP contribution in [0.4, 0.5) is 4.39 Å². The molecule has 1 atom stereocenters. The summed E-state index contributed by atoms with van der Waals surface area (Å²) in [6, 6.07) is 3.25. The summed E-state index contributed by atoms with van der Waals surface area (Å²) in [6.45, 7) is 0. The highest BCUT2D eigenvalue weighted by molar-refractivity contribution is 7.94. The molecule has 0 aliphatic carbocycles. The first kappa shape index (κ1) is 11.7. The summed E-state index contributed by atoms with van der Waals surface area (Å²) in [5.41, 5.74) is -0.0808. The van der Waals surface area contributed by atoms with Crippen molar-refractivity contribution in [1.82, 2.24) is 10.3 Å². The van der Waals surface area contributed by atoms with E-state index < -0.39 is 27.7 Å². The van der Waals surface area contributed by atoms with Gasteiger partial charge in [-0.1, -0.05) is 6.07 Å². The molecule has 0 spiro atoms. The van der Waals surface area contributed by atoms with Gasteiger partial charge in [0, 0.05) is 5.41 Å². The van der Waals surface area contributed by atoms with Gasteiger partial charge in [-0.05, 0) is 18.2 Å². The van der Waals surface area contributed by atoms with Crippen molar-refractivity contribution in [2.75, 3.05) is 5.75 Å². The maximum absolute atomic E-state index is 12.8. The molecule has 1 N–H and O–H groups in total. The number of hydrogen-bond donors (Lipinski definition) is 1. The summed E-state index contributed by atoms with van der Waals surface area (Å²) in [4.78, 5) is 15.0. The summed E-state index contributed by atoms with van der Waals surface area (Å²) >= 11 is 0. The van der Waals surface area contributed by atoms with Crippen molar-refractivity contribution in [3.05, 3.63) is 41.3 Å². The van der Waals surface area contributed by atoms with Crippen molar-refractivity contribution in [3.63, 3.8) is 0 Å². The molecule has 1 aliphatic heterocycles. The van der Waals surface area contributed by atoms with E-state index in [1.54, 1.807) is 0 Å². The van der Waals surface area contributed by atoms with Gasteiger partial charge in [-0.25, -0.2) is 13.4 Å². The minimum atomic E-state index is -3.22. The smallest absolute Gasteiger partial charge is 0.270 e. The first-order valence-electron chi connectivity index (χ1n) is 4.81. The van der Waals surface area contributed by atoms with Crippen molar-refractivity contribution in [1.29, 1.82) is 0 Å². The molecule has 7 heteroatoms. The molecule has 1 aromatic heterocycles. The van der Waals surface area contributed by atoms with Gasteiger partial charge >= 0.3 is 0 Å². The molecule has 1 aromatic rings.